The van der Waals surface area contributed by atoms with Gasteiger partial charge in [0, 0.05) is 18.4 Å². The van der Waals surface area contributed by atoms with Gasteiger partial charge in [-0.3, -0.25) is 9.59 Å². The number of ketones is 1. The van der Waals surface area contributed by atoms with Gasteiger partial charge in [0.2, 0.25) is 0 Å². The number of unbranched alkanes of at least 4 members (excludes halogenated alkanes) is 3. The van der Waals surface area contributed by atoms with E-state index in [9.17, 15) is 14.7 Å². The number of esters is 1. The summed E-state index contributed by atoms with van der Waals surface area (Å²) in [4.78, 5) is 22.6. The molecule has 4 heteroatoms. The number of aliphatic hydroxyl groups is 1. The second-order valence-electron chi connectivity index (χ2n) is 4.36. The Labute approximate surface area is 102 Å². The van der Waals surface area contributed by atoms with E-state index in [1.165, 1.54) is 6.08 Å². The molecule has 1 rings (SSSR count). The van der Waals surface area contributed by atoms with Gasteiger partial charge >= 0.3 is 5.97 Å². The van der Waals surface area contributed by atoms with E-state index in [0.29, 0.717) is 12.0 Å². The van der Waals surface area contributed by atoms with Crippen molar-refractivity contribution in [2.24, 2.45) is 0 Å². The van der Waals surface area contributed by atoms with Gasteiger partial charge in [-0.1, -0.05) is 26.2 Å². The topological polar surface area (TPSA) is 63.6 Å². The van der Waals surface area contributed by atoms with E-state index >= 15 is 0 Å². The van der Waals surface area contributed by atoms with Gasteiger partial charge in [0.05, 0.1) is 6.10 Å². The van der Waals surface area contributed by atoms with Crippen LogP contribution in [0.1, 0.15) is 45.4 Å². The van der Waals surface area contributed by atoms with Crippen LogP contribution in [0.3, 0.4) is 0 Å². The molecule has 0 saturated carbocycles. The maximum Gasteiger partial charge on any atom is 0.306 e. The van der Waals surface area contributed by atoms with Gasteiger partial charge in [0.15, 0.2) is 5.78 Å². The summed E-state index contributed by atoms with van der Waals surface area (Å²) in [5.41, 5.74) is 0.416. The Morgan fingerprint density at radius 3 is 2.82 bits per heavy atom. The monoisotopic (exact) mass is 240 g/mol. The zero-order valence-electron chi connectivity index (χ0n) is 10.3. The average molecular weight is 240 g/mol. The Hall–Kier alpha value is -1.16. The molecule has 0 aromatic rings. The van der Waals surface area contributed by atoms with Gasteiger partial charge in [0.1, 0.15) is 6.61 Å². The van der Waals surface area contributed by atoms with Crippen molar-refractivity contribution in [2.75, 3.05) is 6.61 Å². The molecule has 0 heterocycles. The molecule has 0 spiro atoms. The Morgan fingerprint density at radius 2 is 2.24 bits per heavy atom. The summed E-state index contributed by atoms with van der Waals surface area (Å²) in [5.74, 6) is -0.396. The molecule has 1 aliphatic carbocycles. The first-order chi connectivity index (χ1) is 8.13. The van der Waals surface area contributed by atoms with Crippen LogP contribution in [0.5, 0.6) is 0 Å². The van der Waals surface area contributed by atoms with Crippen molar-refractivity contribution >= 4 is 11.8 Å². The Kier molecular flexibility index (Phi) is 5.91. The van der Waals surface area contributed by atoms with E-state index in [1.807, 2.05) is 0 Å². The van der Waals surface area contributed by atoms with Crippen LogP contribution in [-0.2, 0) is 14.3 Å². The molecule has 0 saturated heterocycles. The molecule has 0 aromatic heterocycles. The number of carbonyl (C=O) groups is 2. The molecule has 1 unspecified atom stereocenters. The van der Waals surface area contributed by atoms with Crippen molar-refractivity contribution < 1.29 is 19.4 Å². The highest BCUT2D eigenvalue weighted by atomic mass is 16.5. The highest BCUT2D eigenvalue weighted by molar-refractivity contribution is 5.98. The van der Waals surface area contributed by atoms with Gasteiger partial charge in [-0.05, 0) is 12.5 Å². The van der Waals surface area contributed by atoms with Crippen LogP contribution in [0.2, 0.25) is 0 Å². The quantitative estimate of drug-likeness (QED) is 0.544. The molecular formula is C13H20O4. The molecule has 0 radical (unpaired) electrons. The van der Waals surface area contributed by atoms with E-state index in [1.54, 1.807) is 0 Å². The van der Waals surface area contributed by atoms with Crippen molar-refractivity contribution in [1.82, 2.24) is 0 Å². The normalized spacial score (nSPS) is 19.3. The number of aliphatic hydroxyl groups excluding tert-OH is 1. The molecule has 1 aliphatic rings. The third kappa shape index (κ3) is 5.13. The molecular weight excluding hydrogens is 220 g/mol. The summed E-state index contributed by atoms with van der Waals surface area (Å²) in [6.07, 6.45) is 5.41. The Balaban J connectivity index is 2.15. The third-order valence-electron chi connectivity index (χ3n) is 2.77. The van der Waals surface area contributed by atoms with E-state index in [-0.39, 0.29) is 24.8 Å². The molecule has 96 valence electrons. The van der Waals surface area contributed by atoms with Crippen LogP contribution in [0.15, 0.2) is 11.6 Å². The molecule has 0 bridgehead atoms. The van der Waals surface area contributed by atoms with Crippen molar-refractivity contribution in [3.05, 3.63) is 11.6 Å². The van der Waals surface area contributed by atoms with E-state index in [2.05, 4.69) is 6.92 Å². The first kappa shape index (κ1) is 13.9. The maximum atomic E-state index is 11.3. The fraction of sp³-hybridized carbons (Fsp3) is 0.692. The molecule has 1 atom stereocenters. The van der Waals surface area contributed by atoms with Gasteiger partial charge in [-0.25, -0.2) is 0 Å². The van der Waals surface area contributed by atoms with E-state index < -0.39 is 6.10 Å². The van der Waals surface area contributed by atoms with E-state index in [0.717, 1.165) is 25.7 Å². The third-order valence-corrected chi connectivity index (χ3v) is 2.77. The molecule has 0 aliphatic heterocycles. The van der Waals surface area contributed by atoms with Crippen molar-refractivity contribution in [3.63, 3.8) is 0 Å². The minimum atomic E-state index is -0.708. The summed E-state index contributed by atoms with van der Waals surface area (Å²) in [7, 11) is 0. The molecule has 4 nitrogen and oxygen atoms in total. The first-order valence-electron chi connectivity index (χ1n) is 6.21. The standard InChI is InChI=1S/C13H20O4/c1-2-3-4-5-6-13(16)17-9-10-7-11(14)8-12(10)15/h7,11,14H,2-6,8-9H2,1H3. The Morgan fingerprint density at radius 1 is 1.47 bits per heavy atom. The smallest absolute Gasteiger partial charge is 0.306 e. The largest absolute Gasteiger partial charge is 0.461 e. The van der Waals surface area contributed by atoms with Crippen LogP contribution < -0.4 is 0 Å². The van der Waals surface area contributed by atoms with Crippen LogP contribution in [0.4, 0.5) is 0 Å². The van der Waals surface area contributed by atoms with Crippen LogP contribution in [-0.4, -0.2) is 29.6 Å². The minimum Gasteiger partial charge on any atom is -0.461 e. The van der Waals surface area contributed by atoms with Crippen LogP contribution in [0, 0.1) is 0 Å². The lowest BCUT2D eigenvalue weighted by atomic mass is 10.1. The molecule has 1 N–H and O–H groups in total. The number of carbonyl (C=O) groups excluding carboxylic acids is 2. The summed E-state index contributed by atoms with van der Waals surface area (Å²) in [6, 6.07) is 0. The minimum absolute atomic E-state index is 0.00248. The zero-order valence-corrected chi connectivity index (χ0v) is 10.3. The van der Waals surface area contributed by atoms with E-state index in [4.69, 9.17) is 4.74 Å². The van der Waals surface area contributed by atoms with Crippen LogP contribution >= 0.6 is 0 Å². The first-order valence-corrected chi connectivity index (χ1v) is 6.21. The number of Topliss-reactive ketones (excluding diaryl/α,β-unsaturated/α-hetero) is 1. The number of rotatable bonds is 7. The molecule has 17 heavy (non-hydrogen) atoms. The number of hydrogen-bond acceptors (Lipinski definition) is 4. The molecule has 0 amide bonds. The van der Waals surface area contributed by atoms with Crippen LogP contribution in [0.25, 0.3) is 0 Å². The highest BCUT2D eigenvalue weighted by Crippen LogP contribution is 2.15. The maximum absolute atomic E-state index is 11.3. The van der Waals surface area contributed by atoms with Gasteiger partial charge in [0.25, 0.3) is 0 Å². The summed E-state index contributed by atoms with van der Waals surface area (Å²) in [6.45, 7) is 2.12. The lowest BCUT2D eigenvalue weighted by Crippen LogP contribution is -2.10. The fourth-order valence-electron chi connectivity index (χ4n) is 1.76. The predicted octanol–water partition coefficient (Wildman–Crippen LogP) is 1.76. The van der Waals surface area contributed by atoms with Gasteiger partial charge in [-0.15, -0.1) is 0 Å². The lowest BCUT2D eigenvalue weighted by Gasteiger charge is -2.04. The highest BCUT2D eigenvalue weighted by Gasteiger charge is 2.22. The zero-order chi connectivity index (χ0) is 12.7. The molecule has 0 fully saturated rings. The second kappa shape index (κ2) is 7.22. The summed E-state index contributed by atoms with van der Waals surface area (Å²) < 4.78 is 4.99. The lowest BCUT2D eigenvalue weighted by molar-refractivity contribution is -0.142. The Bertz CT molecular complexity index is 307. The number of ether oxygens (including phenoxy) is 1. The van der Waals surface area contributed by atoms with Gasteiger partial charge in [-0.2, -0.15) is 0 Å². The van der Waals surface area contributed by atoms with Crippen molar-refractivity contribution in [1.29, 1.82) is 0 Å². The summed E-state index contributed by atoms with van der Waals surface area (Å²) in [5, 5.41) is 9.20. The number of hydrogen-bond donors (Lipinski definition) is 1. The predicted molar refractivity (Wildman–Crippen MR) is 63.4 cm³/mol. The second-order valence-corrected chi connectivity index (χ2v) is 4.36. The summed E-state index contributed by atoms with van der Waals surface area (Å²) >= 11 is 0. The fourth-order valence-corrected chi connectivity index (χ4v) is 1.76. The van der Waals surface area contributed by atoms with Crippen molar-refractivity contribution in [2.45, 2.75) is 51.6 Å². The molecule has 0 aromatic carbocycles. The SMILES string of the molecule is CCCCCCC(=O)OCC1=CC(O)CC1=O. The average Bonchev–Trinajstić information content (AvgIpc) is 2.61. The van der Waals surface area contributed by atoms with Gasteiger partial charge < -0.3 is 9.84 Å². The van der Waals surface area contributed by atoms with Crippen molar-refractivity contribution in [3.8, 4) is 0 Å².